The molecule has 2 aromatic heterocycles. The average molecular weight is 262 g/mol. The summed E-state index contributed by atoms with van der Waals surface area (Å²) in [7, 11) is 0. The molecule has 0 aliphatic rings. The Morgan fingerprint density at radius 2 is 2.22 bits per heavy atom. The molecule has 0 N–H and O–H groups in total. The first-order valence-corrected chi connectivity index (χ1v) is 5.95. The van der Waals surface area contributed by atoms with Gasteiger partial charge >= 0.3 is 0 Å². The first kappa shape index (κ1) is 11.0. The van der Waals surface area contributed by atoms with Crippen LogP contribution in [0.2, 0.25) is 0 Å². The number of aromatic nitrogens is 2. The van der Waals surface area contributed by atoms with Crippen LogP contribution in [0.1, 0.15) is 21.1 Å². The van der Waals surface area contributed by atoms with Gasteiger partial charge in [0.25, 0.3) is 0 Å². The van der Waals surface area contributed by atoms with Crippen LogP contribution in [0.3, 0.4) is 0 Å². The molecule has 3 aromatic rings. The molecule has 0 bridgehead atoms. The summed E-state index contributed by atoms with van der Waals surface area (Å²) in [5.41, 5.74) is 1.05. The van der Waals surface area contributed by atoms with Crippen LogP contribution >= 0.6 is 11.5 Å². The average Bonchev–Trinajstić information content (AvgIpc) is 2.93. The third kappa shape index (κ3) is 1.70. The van der Waals surface area contributed by atoms with Crippen LogP contribution in [0, 0.1) is 12.7 Å². The Morgan fingerprint density at radius 1 is 1.39 bits per heavy atom. The van der Waals surface area contributed by atoms with Gasteiger partial charge in [-0.25, -0.2) is 4.39 Å². The van der Waals surface area contributed by atoms with Gasteiger partial charge in [0.1, 0.15) is 16.3 Å². The molecule has 0 saturated heterocycles. The molecule has 3 rings (SSSR count). The van der Waals surface area contributed by atoms with Crippen molar-refractivity contribution < 1.29 is 13.6 Å². The van der Waals surface area contributed by atoms with Gasteiger partial charge in [-0.15, -0.1) is 5.10 Å². The first-order valence-electron chi connectivity index (χ1n) is 5.18. The van der Waals surface area contributed by atoms with Crippen molar-refractivity contribution in [2.45, 2.75) is 6.92 Å². The summed E-state index contributed by atoms with van der Waals surface area (Å²) in [5, 5.41) is 4.34. The fraction of sp³-hybridized carbons (Fsp3) is 0.0833. The number of ketones is 1. The minimum atomic E-state index is -0.363. The summed E-state index contributed by atoms with van der Waals surface area (Å²) in [5.74, 6) is -0.471. The molecule has 0 unspecified atom stereocenters. The van der Waals surface area contributed by atoms with E-state index in [1.165, 1.54) is 24.3 Å². The number of carbonyl (C=O) groups is 1. The normalized spacial score (nSPS) is 11.0. The Hall–Kier alpha value is -2.08. The smallest absolute Gasteiger partial charge is 0.241 e. The van der Waals surface area contributed by atoms with E-state index in [4.69, 9.17) is 4.42 Å². The molecule has 0 aliphatic carbocycles. The van der Waals surface area contributed by atoms with Gasteiger partial charge < -0.3 is 4.42 Å². The number of hydrogen-bond acceptors (Lipinski definition) is 5. The molecular weight excluding hydrogens is 255 g/mol. The predicted molar refractivity (Wildman–Crippen MR) is 64.3 cm³/mol. The van der Waals surface area contributed by atoms with E-state index in [-0.39, 0.29) is 17.4 Å². The maximum absolute atomic E-state index is 13.0. The van der Waals surface area contributed by atoms with Gasteiger partial charge in [-0.3, -0.25) is 4.79 Å². The van der Waals surface area contributed by atoms with E-state index in [0.717, 1.165) is 11.5 Å². The molecule has 0 amide bonds. The van der Waals surface area contributed by atoms with Gasteiger partial charge in [-0.05, 0) is 42.7 Å². The number of nitrogens with zero attached hydrogens (tertiary/aromatic N) is 2. The fourth-order valence-corrected chi connectivity index (χ4v) is 2.28. The van der Waals surface area contributed by atoms with Gasteiger partial charge in [-0.2, -0.15) is 0 Å². The minimum absolute atomic E-state index is 0.171. The summed E-state index contributed by atoms with van der Waals surface area (Å²) in [6.07, 6.45) is 0. The number of fused-ring (bicyclic) bond motifs is 1. The third-order valence-electron chi connectivity index (χ3n) is 2.56. The number of benzene rings is 1. The lowest BCUT2D eigenvalue weighted by atomic mass is 10.2. The Kier molecular flexibility index (Phi) is 2.45. The second-order valence-corrected chi connectivity index (χ2v) is 4.56. The van der Waals surface area contributed by atoms with Crippen molar-refractivity contribution in [3.05, 3.63) is 46.4 Å². The fourth-order valence-electron chi connectivity index (χ4n) is 1.68. The number of hydrogen-bond donors (Lipinski definition) is 0. The highest BCUT2D eigenvalue weighted by Crippen LogP contribution is 2.24. The summed E-state index contributed by atoms with van der Waals surface area (Å²) >= 11 is 1.02. The Labute approximate surface area is 105 Å². The summed E-state index contributed by atoms with van der Waals surface area (Å²) in [6.45, 7) is 1.71. The van der Waals surface area contributed by atoms with Crippen molar-refractivity contribution in [3.63, 3.8) is 0 Å². The Bertz CT molecular complexity index is 747. The van der Waals surface area contributed by atoms with E-state index in [9.17, 15) is 9.18 Å². The van der Waals surface area contributed by atoms with Crippen LogP contribution in [-0.4, -0.2) is 15.4 Å². The topological polar surface area (TPSA) is 56.0 Å². The molecule has 0 atom stereocenters. The highest BCUT2D eigenvalue weighted by atomic mass is 32.1. The maximum Gasteiger partial charge on any atom is 0.241 e. The molecule has 6 heteroatoms. The second kappa shape index (κ2) is 3.99. The number of rotatable bonds is 2. The lowest BCUT2D eigenvalue weighted by Gasteiger charge is -1.91. The molecule has 0 radical (unpaired) electrons. The number of halogens is 1. The van der Waals surface area contributed by atoms with Gasteiger partial charge in [-0.1, -0.05) is 4.49 Å². The Balaban J connectivity index is 2.10. The highest BCUT2D eigenvalue weighted by molar-refractivity contribution is 7.08. The molecule has 90 valence electrons. The van der Waals surface area contributed by atoms with Crippen molar-refractivity contribution in [3.8, 4) is 0 Å². The third-order valence-corrected chi connectivity index (χ3v) is 3.39. The van der Waals surface area contributed by atoms with Crippen molar-refractivity contribution >= 4 is 28.3 Å². The number of aryl methyl sites for hydroxylation is 1. The molecule has 0 aliphatic heterocycles. The van der Waals surface area contributed by atoms with Crippen LogP contribution in [0.5, 0.6) is 0 Å². The highest BCUT2D eigenvalue weighted by Gasteiger charge is 2.19. The predicted octanol–water partition coefficient (Wildman–Crippen LogP) is 2.96. The zero-order valence-electron chi connectivity index (χ0n) is 9.31. The standard InChI is InChI=1S/C12H7FN2O2S/c1-6-12(18-15-14-6)11(16)10-5-7-4-8(13)2-3-9(7)17-10/h2-5H,1H3. The van der Waals surface area contributed by atoms with Crippen LogP contribution in [0.4, 0.5) is 4.39 Å². The summed E-state index contributed by atoms with van der Waals surface area (Å²) in [4.78, 5) is 12.6. The van der Waals surface area contributed by atoms with Gasteiger partial charge in [0.15, 0.2) is 5.76 Å². The first-order chi connectivity index (χ1) is 8.65. The van der Waals surface area contributed by atoms with Gasteiger partial charge in [0, 0.05) is 5.39 Å². The SMILES string of the molecule is Cc1nnsc1C(=O)c1cc2cc(F)ccc2o1. The van der Waals surface area contributed by atoms with Crippen molar-refractivity contribution in [1.82, 2.24) is 9.59 Å². The molecule has 1 aromatic carbocycles. The van der Waals surface area contributed by atoms with E-state index in [1.54, 1.807) is 6.92 Å². The summed E-state index contributed by atoms with van der Waals surface area (Å²) in [6, 6.07) is 5.64. The van der Waals surface area contributed by atoms with E-state index in [2.05, 4.69) is 9.59 Å². The van der Waals surface area contributed by atoms with Gasteiger partial charge in [0.2, 0.25) is 5.78 Å². The zero-order valence-corrected chi connectivity index (χ0v) is 10.1. The molecule has 0 saturated carbocycles. The lowest BCUT2D eigenvalue weighted by molar-refractivity contribution is 0.101. The molecule has 4 nitrogen and oxygen atoms in total. The molecular formula is C12H7FN2O2S. The summed E-state index contributed by atoms with van der Waals surface area (Å²) < 4.78 is 22.1. The number of furan rings is 1. The van der Waals surface area contributed by atoms with E-state index in [1.807, 2.05) is 0 Å². The van der Waals surface area contributed by atoms with Crippen molar-refractivity contribution in [1.29, 1.82) is 0 Å². The van der Waals surface area contributed by atoms with Crippen LogP contribution in [0.25, 0.3) is 11.0 Å². The zero-order chi connectivity index (χ0) is 12.7. The van der Waals surface area contributed by atoms with Gasteiger partial charge in [0.05, 0.1) is 5.69 Å². The quantitative estimate of drug-likeness (QED) is 0.666. The molecule has 0 fully saturated rings. The second-order valence-electron chi connectivity index (χ2n) is 3.81. The van der Waals surface area contributed by atoms with Crippen LogP contribution < -0.4 is 0 Å². The maximum atomic E-state index is 13.0. The lowest BCUT2D eigenvalue weighted by Crippen LogP contribution is -1.98. The van der Waals surface area contributed by atoms with Crippen LogP contribution in [-0.2, 0) is 0 Å². The van der Waals surface area contributed by atoms with E-state index < -0.39 is 0 Å². The van der Waals surface area contributed by atoms with E-state index in [0.29, 0.717) is 21.5 Å². The Morgan fingerprint density at radius 3 is 2.94 bits per heavy atom. The van der Waals surface area contributed by atoms with E-state index >= 15 is 0 Å². The van der Waals surface area contributed by atoms with Crippen LogP contribution in [0.15, 0.2) is 28.7 Å². The van der Waals surface area contributed by atoms with Crippen molar-refractivity contribution in [2.75, 3.05) is 0 Å². The molecule has 2 heterocycles. The molecule has 18 heavy (non-hydrogen) atoms. The molecule has 0 spiro atoms. The largest absolute Gasteiger partial charge is 0.453 e. The minimum Gasteiger partial charge on any atom is -0.453 e. The monoisotopic (exact) mass is 262 g/mol. The number of carbonyl (C=O) groups excluding carboxylic acids is 1. The van der Waals surface area contributed by atoms with Crippen molar-refractivity contribution in [2.24, 2.45) is 0 Å².